The van der Waals surface area contributed by atoms with Crippen molar-refractivity contribution in [2.45, 2.75) is 38.0 Å². The topological polar surface area (TPSA) is 104 Å². The second kappa shape index (κ2) is 8.70. The molecule has 2 N–H and O–H groups in total. The highest BCUT2D eigenvalue weighted by atomic mass is 32.1. The summed E-state index contributed by atoms with van der Waals surface area (Å²) in [5.41, 5.74) is 0.287. The molecule has 0 spiro atoms. The van der Waals surface area contributed by atoms with Crippen LogP contribution in [0.5, 0.6) is 0 Å². The number of carbonyl (C=O) groups is 2. The summed E-state index contributed by atoms with van der Waals surface area (Å²) in [6.07, 6.45) is -2.24. The zero-order valence-corrected chi connectivity index (χ0v) is 19.6. The molecule has 0 atom stereocenters. The van der Waals surface area contributed by atoms with Gasteiger partial charge in [-0.25, -0.2) is 14.8 Å². The number of carboxylic acid groups (broad SMARTS) is 1. The van der Waals surface area contributed by atoms with Crippen molar-refractivity contribution < 1.29 is 27.9 Å². The van der Waals surface area contributed by atoms with Crippen molar-refractivity contribution in [1.29, 1.82) is 0 Å². The lowest BCUT2D eigenvalue weighted by Gasteiger charge is -2.32. The van der Waals surface area contributed by atoms with Gasteiger partial charge >= 0.3 is 12.3 Å². The summed E-state index contributed by atoms with van der Waals surface area (Å²) >= 11 is 0.866. The predicted molar refractivity (Wildman–Crippen MR) is 123 cm³/mol. The lowest BCUT2D eigenvalue weighted by atomic mass is 9.94. The van der Waals surface area contributed by atoms with Crippen LogP contribution in [0.4, 0.5) is 23.8 Å². The van der Waals surface area contributed by atoms with E-state index in [-0.39, 0.29) is 34.1 Å². The second-order valence-corrected chi connectivity index (χ2v) is 9.55. The fourth-order valence-electron chi connectivity index (χ4n) is 4.70. The van der Waals surface area contributed by atoms with Crippen LogP contribution in [0.1, 0.15) is 46.2 Å². The monoisotopic (exact) mass is 508 g/mol. The molecule has 0 aromatic carbocycles. The van der Waals surface area contributed by atoms with E-state index in [4.69, 9.17) is 0 Å². The van der Waals surface area contributed by atoms with Crippen LogP contribution in [0.15, 0.2) is 17.6 Å². The average Bonchev–Trinajstić information content (AvgIpc) is 3.46. The summed E-state index contributed by atoms with van der Waals surface area (Å²) in [6, 6.07) is 1.07. The van der Waals surface area contributed by atoms with Gasteiger partial charge in [0.15, 0.2) is 0 Å². The number of fused-ring (bicyclic) bond motifs is 2. The van der Waals surface area contributed by atoms with Crippen LogP contribution in [0.2, 0.25) is 0 Å². The third-order valence-corrected chi connectivity index (χ3v) is 7.62. The zero-order valence-electron chi connectivity index (χ0n) is 18.8. The first kappa shape index (κ1) is 23.4. The number of thiophene rings is 1. The lowest BCUT2D eigenvalue weighted by Crippen LogP contribution is -2.37. The highest BCUT2D eigenvalue weighted by molar-refractivity contribution is 7.17. The molecule has 3 aromatic heterocycles. The molecule has 13 heteroatoms. The van der Waals surface area contributed by atoms with Crippen LogP contribution >= 0.6 is 11.3 Å². The van der Waals surface area contributed by atoms with E-state index in [9.17, 15) is 27.9 Å². The maximum absolute atomic E-state index is 13.8. The van der Waals surface area contributed by atoms with E-state index in [1.54, 1.807) is 0 Å². The molecular formula is C22H23F3N6O3S. The number of hydrogen-bond acceptors (Lipinski definition) is 6. The number of anilines is 1. The number of nitrogens with zero attached hydrogens (tertiary/aromatic N) is 5. The number of carbonyl (C=O) groups excluding carboxylic acids is 1. The Morgan fingerprint density at radius 3 is 2.57 bits per heavy atom. The van der Waals surface area contributed by atoms with E-state index in [2.05, 4.69) is 15.3 Å². The molecule has 2 aliphatic rings. The molecule has 5 rings (SSSR count). The van der Waals surface area contributed by atoms with Gasteiger partial charge in [0, 0.05) is 50.7 Å². The minimum atomic E-state index is -4.57. The highest BCUT2D eigenvalue weighted by Crippen LogP contribution is 2.41. The van der Waals surface area contributed by atoms with E-state index in [0.29, 0.717) is 44.8 Å². The fourth-order valence-corrected chi connectivity index (χ4v) is 5.73. The molecule has 3 aromatic rings. The third-order valence-electron chi connectivity index (χ3n) is 6.61. The Labute approximate surface area is 202 Å². The fraction of sp³-hybridized carbons (Fsp3) is 0.455. The van der Waals surface area contributed by atoms with Gasteiger partial charge in [0.25, 0.3) is 5.91 Å². The number of aromatic nitrogens is 3. The first-order valence-corrected chi connectivity index (χ1v) is 12.0. The molecule has 9 nitrogen and oxygen atoms in total. The Balaban J connectivity index is 1.38. The van der Waals surface area contributed by atoms with Crippen molar-refractivity contribution >= 4 is 39.4 Å². The van der Waals surface area contributed by atoms with Crippen LogP contribution in [-0.2, 0) is 19.3 Å². The highest BCUT2D eigenvalue weighted by Gasteiger charge is 2.36. The smallest absolute Gasteiger partial charge is 0.417 e. The quantitative estimate of drug-likeness (QED) is 0.559. The number of amides is 2. The SMILES string of the molecule is CNC(=O)c1csc2c(C(F)(F)F)cc(N3CCC(c4cn5c(n4)CN(C(=O)O)CC5)CC3)nc12. The van der Waals surface area contributed by atoms with E-state index >= 15 is 0 Å². The number of rotatable bonds is 3. The molecule has 0 unspecified atom stereocenters. The maximum Gasteiger partial charge on any atom is 0.417 e. The van der Waals surface area contributed by atoms with Gasteiger partial charge < -0.3 is 19.9 Å². The predicted octanol–water partition coefficient (Wildman–Crippen LogP) is 3.75. The molecule has 0 saturated carbocycles. The molecule has 2 amide bonds. The van der Waals surface area contributed by atoms with Crippen LogP contribution in [0, 0.1) is 0 Å². The molecule has 0 bridgehead atoms. The molecule has 1 fully saturated rings. The molecule has 186 valence electrons. The van der Waals surface area contributed by atoms with Crippen LogP contribution in [-0.4, -0.2) is 63.2 Å². The van der Waals surface area contributed by atoms with Crippen molar-refractivity contribution in [3.63, 3.8) is 0 Å². The summed E-state index contributed by atoms with van der Waals surface area (Å²) < 4.78 is 43.4. The van der Waals surface area contributed by atoms with E-state index in [0.717, 1.165) is 23.1 Å². The van der Waals surface area contributed by atoms with E-state index < -0.39 is 23.7 Å². The van der Waals surface area contributed by atoms with Crippen LogP contribution < -0.4 is 10.2 Å². The number of nitrogens with one attached hydrogen (secondary N) is 1. The van der Waals surface area contributed by atoms with Gasteiger partial charge in [0.1, 0.15) is 11.6 Å². The molecule has 2 aliphatic heterocycles. The van der Waals surface area contributed by atoms with Gasteiger partial charge in [-0.3, -0.25) is 9.69 Å². The second-order valence-electron chi connectivity index (χ2n) is 8.67. The summed E-state index contributed by atoms with van der Waals surface area (Å²) in [4.78, 5) is 35.7. The first-order chi connectivity index (χ1) is 16.7. The van der Waals surface area contributed by atoms with Gasteiger partial charge in [-0.15, -0.1) is 11.3 Å². The summed E-state index contributed by atoms with van der Waals surface area (Å²) in [5, 5.41) is 13.1. The summed E-state index contributed by atoms with van der Waals surface area (Å²) in [6.45, 7) is 2.18. The number of halogens is 3. The maximum atomic E-state index is 13.8. The summed E-state index contributed by atoms with van der Waals surface area (Å²) in [7, 11) is 1.43. The molecule has 1 saturated heterocycles. The van der Waals surface area contributed by atoms with Gasteiger partial charge in [-0.2, -0.15) is 13.2 Å². The molecule has 5 heterocycles. The normalized spacial score (nSPS) is 17.0. The van der Waals surface area contributed by atoms with Crippen LogP contribution in [0.25, 0.3) is 10.2 Å². The van der Waals surface area contributed by atoms with Crippen molar-refractivity contribution in [1.82, 2.24) is 24.8 Å². The minimum Gasteiger partial charge on any atom is -0.465 e. The number of imidazole rings is 1. The third kappa shape index (κ3) is 4.28. The van der Waals surface area contributed by atoms with Crippen LogP contribution in [0.3, 0.4) is 0 Å². The van der Waals surface area contributed by atoms with Crippen molar-refractivity contribution in [3.8, 4) is 0 Å². The Morgan fingerprint density at radius 1 is 1.17 bits per heavy atom. The van der Waals surface area contributed by atoms with Gasteiger partial charge in [-0.05, 0) is 18.9 Å². The number of piperidine rings is 1. The number of hydrogen-bond donors (Lipinski definition) is 2. The van der Waals surface area contributed by atoms with Crippen molar-refractivity contribution in [3.05, 3.63) is 40.3 Å². The Hall–Kier alpha value is -3.35. The van der Waals surface area contributed by atoms with E-state index in [1.165, 1.54) is 17.3 Å². The molecule has 0 aliphatic carbocycles. The van der Waals surface area contributed by atoms with Gasteiger partial charge in [0.2, 0.25) is 0 Å². The summed E-state index contributed by atoms with van der Waals surface area (Å²) in [5.74, 6) is 0.555. The van der Waals surface area contributed by atoms with E-state index in [1.807, 2.05) is 15.7 Å². The molecule has 35 heavy (non-hydrogen) atoms. The number of alkyl halides is 3. The Morgan fingerprint density at radius 2 is 1.91 bits per heavy atom. The van der Waals surface area contributed by atoms with Gasteiger partial charge in [0.05, 0.1) is 33.6 Å². The Kier molecular flexibility index (Phi) is 5.82. The van der Waals surface area contributed by atoms with Crippen molar-refractivity contribution in [2.24, 2.45) is 0 Å². The lowest BCUT2D eigenvalue weighted by molar-refractivity contribution is -0.136. The first-order valence-electron chi connectivity index (χ1n) is 11.2. The minimum absolute atomic E-state index is 0.0475. The van der Waals surface area contributed by atoms with Crippen molar-refractivity contribution in [2.75, 3.05) is 31.6 Å². The zero-order chi connectivity index (χ0) is 24.9. The standard InChI is InChI=1S/C22H23F3N6O3S/c1-26-20(32)13-11-35-19-14(22(23,24)25)8-16(28-18(13)19)29-4-2-12(3-5-29)15-9-30-6-7-31(21(33)34)10-17(30)27-15/h8-9,11-12H,2-7,10H2,1H3,(H,26,32)(H,33,34). The number of pyridine rings is 1. The molecule has 0 radical (unpaired) electrons. The Bertz CT molecular complexity index is 1300. The molecular weight excluding hydrogens is 485 g/mol. The average molecular weight is 509 g/mol. The largest absolute Gasteiger partial charge is 0.465 e. The van der Waals surface area contributed by atoms with Gasteiger partial charge in [-0.1, -0.05) is 0 Å².